The van der Waals surface area contributed by atoms with E-state index in [2.05, 4.69) is 30.4 Å². The number of thioether (sulfide) groups is 1. The first-order valence-corrected chi connectivity index (χ1v) is 13.6. The van der Waals surface area contributed by atoms with Crippen LogP contribution in [0.3, 0.4) is 0 Å². The van der Waals surface area contributed by atoms with Crippen LogP contribution in [0.25, 0.3) is 0 Å². The molecule has 35 heavy (non-hydrogen) atoms. The Labute approximate surface area is 212 Å². The molecule has 1 heterocycles. The van der Waals surface area contributed by atoms with E-state index in [1.807, 2.05) is 59.5 Å². The van der Waals surface area contributed by atoms with Gasteiger partial charge in [0.25, 0.3) is 5.91 Å². The fourth-order valence-electron chi connectivity index (χ4n) is 5.11. The van der Waals surface area contributed by atoms with Crippen molar-refractivity contribution in [3.63, 3.8) is 0 Å². The predicted octanol–water partition coefficient (Wildman–Crippen LogP) is 6.22. The number of fused-ring (bicyclic) bond motifs is 1. The first-order valence-electron chi connectivity index (χ1n) is 12.6. The Bertz CT molecular complexity index is 1190. The standard InChI is InChI=1S/C30H32N2O2S/c1-2-27(26-17-12-22-10-6-7-11-25(22)18-26)31-29(34)23-13-15-24(16-14-23)30-32(28(33)20-35-30)19-21-8-4-3-5-9-21/h3-5,8-9,12-18,27,30H,2,6-7,10-11,19-20H2,1H3,(H,31,34)/t27-,30-/m1/s1. The summed E-state index contributed by atoms with van der Waals surface area (Å²) in [4.78, 5) is 27.6. The molecule has 5 heteroatoms. The van der Waals surface area contributed by atoms with Gasteiger partial charge in [-0.05, 0) is 72.1 Å². The lowest BCUT2D eigenvalue weighted by Crippen LogP contribution is -2.29. The lowest BCUT2D eigenvalue weighted by molar-refractivity contribution is -0.128. The van der Waals surface area contributed by atoms with Crippen LogP contribution < -0.4 is 5.32 Å². The molecule has 0 unspecified atom stereocenters. The lowest BCUT2D eigenvalue weighted by Gasteiger charge is -2.24. The maximum absolute atomic E-state index is 13.1. The highest BCUT2D eigenvalue weighted by atomic mass is 32.2. The molecule has 2 atom stereocenters. The second-order valence-electron chi connectivity index (χ2n) is 9.46. The van der Waals surface area contributed by atoms with E-state index in [4.69, 9.17) is 0 Å². The third-order valence-corrected chi connectivity index (χ3v) is 8.37. The van der Waals surface area contributed by atoms with E-state index in [0.29, 0.717) is 17.9 Å². The first kappa shape index (κ1) is 23.7. The molecular formula is C30H32N2O2S. The summed E-state index contributed by atoms with van der Waals surface area (Å²) < 4.78 is 0. The van der Waals surface area contributed by atoms with Crippen molar-refractivity contribution in [3.8, 4) is 0 Å². The number of carbonyl (C=O) groups excluding carboxylic acids is 2. The van der Waals surface area contributed by atoms with Gasteiger partial charge >= 0.3 is 0 Å². The quantitative estimate of drug-likeness (QED) is 0.433. The summed E-state index contributed by atoms with van der Waals surface area (Å²) in [5.41, 5.74) is 6.91. The normalized spacial score (nSPS) is 18.3. The van der Waals surface area contributed by atoms with Gasteiger partial charge in [0, 0.05) is 12.1 Å². The van der Waals surface area contributed by atoms with Crippen LogP contribution in [0.2, 0.25) is 0 Å². The van der Waals surface area contributed by atoms with Crippen LogP contribution in [0, 0.1) is 0 Å². The Kier molecular flexibility index (Phi) is 7.24. The molecule has 2 amide bonds. The van der Waals surface area contributed by atoms with Gasteiger partial charge in [-0.1, -0.05) is 67.6 Å². The zero-order chi connectivity index (χ0) is 24.2. The predicted molar refractivity (Wildman–Crippen MR) is 142 cm³/mol. The third-order valence-electron chi connectivity index (χ3n) is 7.11. The lowest BCUT2D eigenvalue weighted by atomic mass is 9.88. The molecule has 1 aliphatic heterocycles. The monoisotopic (exact) mass is 484 g/mol. The van der Waals surface area contributed by atoms with E-state index < -0.39 is 0 Å². The summed E-state index contributed by atoms with van der Waals surface area (Å²) in [7, 11) is 0. The third kappa shape index (κ3) is 5.30. The van der Waals surface area contributed by atoms with E-state index in [9.17, 15) is 9.59 Å². The molecule has 3 aromatic carbocycles. The van der Waals surface area contributed by atoms with Crippen LogP contribution >= 0.6 is 11.8 Å². The number of rotatable bonds is 7. The number of aryl methyl sites for hydroxylation is 2. The van der Waals surface area contributed by atoms with Crippen molar-refractivity contribution in [1.29, 1.82) is 0 Å². The molecule has 0 saturated carbocycles. The van der Waals surface area contributed by atoms with E-state index in [1.54, 1.807) is 11.8 Å². The number of hydrogen-bond donors (Lipinski definition) is 1. The topological polar surface area (TPSA) is 49.4 Å². The van der Waals surface area contributed by atoms with E-state index in [-0.39, 0.29) is 23.2 Å². The molecule has 1 saturated heterocycles. The molecule has 0 spiro atoms. The van der Waals surface area contributed by atoms with Crippen molar-refractivity contribution in [1.82, 2.24) is 10.2 Å². The molecule has 5 rings (SSSR count). The van der Waals surface area contributed by atoms with E-state index in [1.165, 1.54) is 36.0 Å². The average Bonchev–Trinajstić information content (AvgIpc) is 3.27. The highest BCUT2D eigenvalue weighted by molar-refractivity contribution is 8.00. The van der Waals surface area contributed by atoms with Gasteiger partial charge in [0.15, 0.2) is 0 Å². The van der Waals surface area contributed by atoms with Crippen LogP contribution in [0.4, 0.5) is 0 Å². The van der Waals surface area contributed by atoms with Gasteiger partial charge in [0.1, 0.15) is 5.37 Å². The maximum atomic E-state index is 13.1. The van der Waals surface area contributed by atoms with Crippen molar-refractivity contribution >= 4 is 23.6 Å². The molecule has 2 aliphatic rings. The zero-order valence-corrected chi connectivity index (χ0v) is 21.0. The smallest absolute Gasteiger partial charge is 0.251 e. The maximum Gasteiger partial charge on any atom is 0.251 e. The molecule has 0 aromatic heterocycles. The summed E-state index contributed by atoms with van der Waals surface area (Å²) in [6.07, 6.45) is 5.67. The van der Waals surface area contributed by atoms with E-state index in [0.717, 1.165) is 24.0 Å². The Morgan fingerprint density at radius 3 is 2.49 bits per heavy atom. The summed E-state index contributed by atoms with van der Waals surface area (Å²) in [6.45, 7) is 2.71. The Balaban J connectivity index is 1.27. The summed E-state index contributed by atoms with van der Waals surface area (Å²) >= 11 is 1.64. The molecule has 1 N–H and O–H groups in total. The highest BCUT2D eigenvalue weighted by Crippen LogP contribution is 2.39. The first-order chi connectivity index (χ1) is 17.1. The Hall–Kier alpha value is -3.05. The van der Waals surface area contributed by atoms with Crippen LogP contribution in [-0.2, 0) is 24.2 Å². The fourth-order valence-corrected chi connectivity index (χ4v) is 6.30. The van der Waals surface area contributed by atoms with Crippen molar-refractivity contribution in [2.24, 2.45) is 0 Å². The summed E-state index contributed by atoms with van der Waals surface area (Å²) in [5, 5.41) is 3.21. The molecule has 1 aliphatic carbocycles. The number of nitrogens with zero attached hydrogens (tertiary/aromatic N) is 1. The summed E-state index contributed by atoms with van der Waals surface area (Å²) in [6, 6.07) is 24.5. The number of benzene rings is 3. The molecule has 1 fully saturated rings. The van der Waals surface area contributed by atoms with Crippen LogP contribution in [0.5, 0.6) is 0 Å². The molecule has 4 nitrogen and oxygen atoms in total. The van der Waals surface area contributed by atoms with Crippen LogP contribution in [0.1, 0.15) is 75.8 Å². The van der Waals surface area contributed by atoms with Gasteiger partial charge < -0.3 is 10.2 Å². The SMILES string of the molecule is CC[C@@H](NC(=O)c1ccc([C@H]2SCC(=O)N2Cc2ccccc2)cc1)c1ccc2c(c1)CCCC2. The Morgan fingerprint density at radius 1 is 1.00 bits per heavy atom. The van der Waals surface area contributed by atoms with Gasteiger partial charge in [0.2, 0.25) is 5.91 Å². The highest BCUT2D eigenvalue weighted by Gasteiger charge is 2.32. The van der Waals surface area contributed by atoms with Gasteiger partial charge in [0.05, 0.1) is 11.8 Å². The van der Waals surface area contributed by atoms with Gasteiger partial charge in [-0.2, -0.15) is 0 Å². The Morgan fingerprint density at radius 2 is 1.74 bits per heavy atom. The van der Waals surface area contributed by atoms with Crippen molar-refractivity contribution < 1.29 is 9.59 Å². The summed E-state index contributed by atoms with van der Waals surface area (Å²) in [5.74, 6) is 0.581. The number of nitrogens with one attached hydrogen (secondary N) is 1. The van der Waals surface area contributed by atoms with Gasteiger partial charge in [-0.3, -0.25) is 9.59 Å². The zero-order valence-electron chi connectivity index (χ0n) is 20.2. The van der Waals surface area contributed by atoms with Crippen molar-refractivity contribution in [2.45, 2.75) is 57.0 Å². The van der Waals surface area contributed by atoms with Crippen molar-refractivity contribution in [3.05, 3.63) is 106 Å². The van der Waals surface area contributed by atoms with Gasteiger partial charge in [-0.15, -0.1) is 11.8 Å². The van der Waals surface area contributed by atoms with E-state index >= 15 is 0 Å². The fraction of sp³-hybridized carbons (Fsp3) is 0.333. The molecular weight excluding hydrogens is 452 g/mol. The molecule has 180 valence electrons. The van der Waals surface area contributed by atoms with Crippen molar-refractivity contribution in [2.75, 3.05) is 5.75 Å². The van der Waals surface area contributed by atoms with Crippen LogP contribution in [0.15, 0.2) is 72.8 Å². The average molecular weight is 485 g/mol. The number of carbonyl (C=O) groups is 2. The second-order valence-corrected chi connectivity index (χ2v) is 10.5. The van der Waals surface area contributed by atoms with Gasteiger partial charge in [-0.25, -0.2) is 0 Å². The minimum atomic E-state index is -0.0580. The number of hydrogen-bond acceptors (Lipinski definition) is 3. The minimum Gasteiger partial charge on any atom is -0.345 e. The second kappa shape index (κ2) is 10.7. The van der Waals surface area contributed by atoms with Crippen LogP contribution in [-0.4, -0.2) is 22.5 Å². The number of amides is 2. The molecule has 3 aromatic rings. The molecule has 0 radical (unpaired) electrons. The largest absolute Gasteiger partial charge is 0.345 e. The molecule has 0 bridgehead atoms. The minimum absolute atomic E-state index is 0.00113.